The van der Waals surface area contributed by atoms with Gasteiger partial charge < -0.3 is 19.5 Å². The molecule has 1 saturated heterocycles. The summed E-state index contributed by atoms with van der Waals surface area (Å²) >= 11 is 0. The SMILES string of the molecule is CN1C(=O)c2cc(NS(C)(=O)=O)ccc2OC[C@H]2O[C@@H](CC(=O)O)CC[C@@H]21. The highest BCUT2D eigenvalue weighted by molar-refractivity contribution is 7.92. The Labute approximate surface area is 157 Å². The smallest absolute Gasteiger partial charge is 0.305 e. The fraction of sp³-hybridized carbons (Fsp3) is 0.529. The van der Waals surface area contributed by atoms with Crippen LogP contribution in [0.1, 0.15) is 29.6 Å². The number of carboxylic acid groups (broad SMARTS) is 1. The van der Waals surface area contributed by atoms with Crippen LogP contribution in [0, 0.1) is 0 Å². The van der Waals surface area contributed by atoms with Crippen molar-refractivity contribution < 1.29 is 32.6 Å². The van der Waals surface area contributed by atoms with Crippen LogP contribution in [-0.2, 0) is 19.6 Å². The number of carbonyl (C=O) groups is 2. The summed E-state index contributed by atoms with van der Waals surface area (Å²) in [6.45, 7) is 0.171. The van der Waals surface area contributed by atoms with E-state index in [9.17, 15) is 18.0 Å². The Morgan fingerprint density at radius 1 is 1.37 bits per heavy atom. The molecule has 2 heterocycles. The number of aliphatic carboxylic acids is 1. The summed E-state index contributed by atoms with van der Waals surface area (Å²) in [7, 11) is -1.81. The van der Waals surface area contributed by atoms with E-state index < -0.39 is 28.2 Å². The Morgan fingerprint density at radius 3 is 2.78 bits per heavy atom. The lowest BCUT2D eigenvalue weighted by Gasteiger charge is -2.42. The zero-order chi connectivity index (χ0) is 19.8. The Balaban J connectivity index is 1.86. The number of amides is 1. The molecule has 3 rings (SSSR count). The van der Waals surface area contributed by atoms with E-state index in [1.54, 1.807) is 11.9 Å². The van der Waals surface area contributed by atoms with E-state index in [-0.39, 0.29) is 36.2 Å². The van der Waals surface area contributed by atoms with Crippen LogP contribution in [0.5, 0.6) is 5.75 Å². The van der Waals surface area contributed by atoms with Crippen LogP contribution >= 0.6 is 0 Å². The van der Waals surface area contributed by atoms with E-state index in [2.05, 4.69) is 4.72 Å². The van der Waals surface area contributed by atoms with E-state index in [0.29, 0.717) is 18.6 Å². The minimum absolute atomic E-state index is 0.0853. The monoisotopic (exact) mass is 398 g/mol. The van der Waals surface area contributed by atoms with Crippen molar-refractivity contribution in [1.82, 2.24) is 4.90 Å². The molecule has 1 fully saturated rings. The molecule has 2 aliphatic heterocycles. The van der Waals surface area contributed by atoms with Gasteiger partial charge in [0.25, 0.3) is 5.91 Å². The minimum Gasteiger partial charge on any atom is -0.490 e. The highest BCUT2D eigenvalue weighted by Gasteiger charge is 2.39. The van der Waals surface area contributed by atoms with Crippen molar-refractivity contribution in [1.29, 1.82) is 0 Å². The second-order valence-electron chi connectivity index (χ2n) is 6.85. The van der Waals surface area contributed by atoms with Crippen LogP contribution in [0.2, 0.25) is 0 Å². The number of likely N-dealkylation sites (N-methyl/N-ethyl adjacent to an activating group) is 1. The van der Waals surface area contributed by atoms with E-state index >= 15 is 0 Å². The summed E-state index contributed by atoms with van der Waals surface area (Å²) < 4.78 is 36.8. The Kier molecular flexibility index (Phi) is 5.29. The molecule has 2 N–H and O–H groups in total. The number of sulfonamides is 1. The lowest BCUT2D eigenvalue weighted by atomic mass is 9.95. The third-order valence-electron chi connectivity index (χ3n) is 4.72. The predicted molar refractivity (Wildman–Crippen MR) is 96.4 cm³/mol. The highest BCUT2D eigenvalue weighted by atomic mass is 32.2. The number of carboxylic acids is 1. The largest absolute Gasteiger partial charge is 0.490 e. The van der Waals surface area contributed by atoms with Gasteiger partial charge in [0.15, 0.2) is 0 Å². The van der Waals surface area contributed by atoms with Gasteiger partial charge in [-0.3, -0.25) is 14.3 Å². The molecule has 27 heavy (non-hydrogen) atoms. The number of fused-ring (bicyclic) bond motifs is 2. The van der Waals surface area contributed by atoms with Gasteiger partial charge in [-0.2, -0.15) is 0 Å². The maximum absolute atomic E-state index is 12.9. The maximum Gasteiger partial charge on any atom is 0.305 e. The molecule has 0 bridgehead atoms. The van der Waals surface area contributed by atoms with Crippen LogP contribution in [-0.4, -0.2) is 68.5 Å². The molecule has 148 valence electrons. The van der Waals surface area contributed by atoms with Gasteiger partial charge in [-0.15, -0.1) is 0 Å². The molecule has 0 saturated carbocycles. The lowest BCUT2D eigenvalue weighted by Crippen LogP contribution is -2.53. The van der Waals surface area contributed by atoms with Crippen LogP contribution in [0.25, 0.3) is 0 Å². The first-order chi connectivity index (χ1) is 12.6. The Hall–Kier alpha value is -2.33. The van der Waals surface area contributed by atoms with Crippen LogP contribution < -0.4 is 9.46 Å². The molecule has 3 atom stereocenters. The molecule has 0 radical (unpaired) electrons. The number of hydrogen-bond acceptors (Lipinski definition) is 6. The second-order valence-corrected chi connectivity index (χ2v) is 8.60. The van der Waals surface area contributed by atoms with Gasteiger partial charge in [-0.25, -0.2) is 8.42 Å². The number of carbonyl (C=O) groups excluding carboxylic acids is 1. The van der Waals surface area contributed by atoms with Crippen molar-refractivity contribution in [3.05, 3.63) is 23.8 Å². The van der Waals surface area contributed by atoms with Crippen LogP contribution in [0.15, 0.2) is 18.2 Å². The molecule has 1 aromatic rings. The van der Waals surface area contributed by atoms with Gasteiger partial charge in [-0.05, 0) is 31.0 Å². The molecule has 0 unspecified atom stereocenters. The molecular formula is C17H22N2O7S. The molecule has 0 spiro atoms. The predicted octanol–water partition coefficient (Wildman–Crippen LogP) is 0.913. The summed E-state index contributed by atoms with van der Waals surface area (Å²) in [6, 6.07) is 4.25. The Morgan fingerprint density at radius 2 is 2.11 bits per heavy atom. The lowest BCUT2D eigenvalue weighted by molar-refractivity contribution is -0.148. The van der Waals surface area contributed by atoms with Crippen molar-refractivity contribution in [2.24, 2.45) is 0 Å². The normalized spacial score (nSPS) is 25.5. The molecule has 1 aromatic carbocycles. The van der Waals surface area contributed by atoms with Crippen molar-refractivity contribution in [2.45, 2.75) is 37.5 Å². The number of benzene rings is 1. The molecule has 0 aromatic heterocycles. The zero-order valence-electron chi connectivity index (χ0n) is 15.0. The first-order valence-electron chi connectivity index (χ1n) is 8.53. The first-order valence-corrected chi connectivity index (χ1v) is 10.4. The average Bonchev–Trinajstić information content (AvgIpc) is 2.56. The molecule has 2 aliphatic rings. The van der Waals surface area contributed by atoms with Gasteiger partial charge in [0.05, 0.1) is 30.4 Å². The van der Waals surface area contributed by atoms with Crippen molar-refractivity contribution in [3.63, 3.8) is 0 Å². The van der Waals surface area contributed by atoms with Gasteiger partial charge in [0, 0.05) is 12.7 Å². The van der Waals surface area contributed by atoms with Gasteiger partial charge in [0.1, 0.15) is 18.5 Å². The summed E-state index contributed by atoms with van der Waals surface area (Å²) in [6.07, 6.45) is 1.25. The van der Waals surface area contributed by atoms with Gasteiger partial charge in [-0.1, -0.05) is 0 Å². The zero-order valence-corrected chi connectivity index (χ0v) is 15.9. The highest BCUT2D eigenvalue weighted by Crippen LogP contribution is 2.32. The molecule has 9 nitrogen and oxygen atoms in total. The maximum atomic E-state index is 12.9. The fourth-order valence-electron chi connectivity index (χ4n) is 3.50. The minimum atomic E-state index is -3.47. The quantitative estimate of drug-likeness (QED) is 0.773. The summed E-state index contributed by atoms with van der Waals surface area (Å²) in [4.78, 5) is 25.4. The van der Waals surface area contributed by atoms with E-state index in [1.165, 1.54) is 18.2 Å². The van der Waals surface area contributed by atoms with Crippen molar-refractivity contribution >= 4 is 27.6 Å². The number of anilines is 1. The first kappa shape index (κ1) is 19.4. The topological polar surface area (TPSA) is 122 Å². The second kappa shape index (κ2) is 7.35. The van der Waals surface area contributed by atoms with Crippen LogP contribution in [0.4, 0.5) is 5.69 Å². The number of nitrogens with zero attached hydrogens (tertiary/aromatic N) is 1. The van der Waals surface area contributed by atoms with Gasteiger partial charge in [0.2, 0.25) is 10.0 Å². The van der Waals surface area contributed by atoms with Gasteiger partial charge >= 0.3 is 5.97 Å². The fourth-order valence-corrected chi connectivity index (χ4v) is 4.05. The van der Waals surface area contributed by atoms with Crippen molar-refractivity contribution in [2.75, 3.05) is 24.6 Å². The summed E-state index contributed by atoms with van der Waals surface area (Å²) in [5, 5.41) is 8.97. The third kappa shape index (κ3) is 4.51. The molecular weight excluding hydrogens is 376 g/mol. The summed E-state index contributed by atoms with van der Waals surface area (Å²) in [5.41, 5.74) is 0.539. The number of hydrogen-bond donors (Lipinski definition) is 2. The van der Waals surface area contributed by atoms with Crippen LogP contribution in [0.3, 0.4) is 0 Å². The average molecular weight is 398 g/mol. The van der Waals surface area contributed by atoms with Crippen molar-refractivity contribution in [3.8, 4) is 5.75 Å². The number of nitrogens with one attached hydrogen (secondary N) is 1. The summed E-state index contributed by atoms with van der Waals surface area (Å²) in [5.74, 6) is -0.906. The number of ether oxygens (including phenoxy) is 2. The van der Waals surface area contributed by atoms with E-state index in [1.807, 2.05) is 0 Å². The Bertz CT molecular complexity index is 855. The molecule has 10 heteroatoms. The van der Waals surface area contributed by atoms with E-state index in [4.69, 9.17) is 14.6 Å². The number of rotatable bonds is 4. The third-order valence-corrected chi connectivity index (χ3v) is 5.32. The molecule has 0 aliphatic carbocycles. The van der Waals surface area contributed by atoms with E-state index in [0.717, 1.165) is 6.26 Å². The molecule has 1 amide bonds. The standard InChI is InChI=1S/C17H22N2O7S/c1-19-13-5-4-11(8-16(20)21)26-15(13)9-25-14-6-3-10(18-27(2,23)24)7-12(14)17(19)22/h3,6-7,11,13,15,18H,4-5,8-9H2,1-2H3,(H,20,21)/t11-,13+,15-/m1/s1.